The maximum absolute atomic E-state index is 12.1. The van der Waals surface area contributed by atoms with Crippen molar-refractivity contribution in [3.8, 4) is 11.5 Å². The Labute approximate surface area is 120 Å². The van der Waals surface area contributed by atoms with Crippen LogP contribution in [0.5, 0.6) is 11.5 Å². The predicted octanol–water partition coefficient (Wildman–Crippen LogP) is 2.36. The molecule has 0 aliphatic heterocycles. The van der Waals surface area contributed by atoms with Crippen LogP contribution < -0.4 is 5.32 Å². The first kappa shape index (κ1) is 14.4. The highest BCUT2D eigenvalue weighted by Gasteiger charge is 2.15. The van der Waals surface area contributed by atoms with Gasteiger partial charge >= 0.3 is 5.97 Å². The van der Waals surface area contributed by atoms with Gasteiger partial charge in [-0.05, 0) is 48.9 Å². The summed E-state index contributed by atoms with van der Waals surface area (Å²) in [4.78, 5) is 23.2. The number of hydrogen-bond acceptors (Lipinski definition) is 4. The summed E-state index contributed by atoms with van der Waals surface area (Å²) in [6.07, 6.45) is 0. The topological polar surface area (TPSA) is 107 Å². The predicted molar refractivity (Wildman–Crippen MR) is 75.9 cm³/mol. The first-order chi connectivity index (χ1) is 9.88. The molecule has 0 atom stereocenters. The Morgan fingerprint density at radius 1 is 1.05 bits per heavy atom. The molecule has 2 rings (SSSR count). The number of aromatic hydroxyl groups is 2. The van der Waals surface area contributed by atoms with E-state index in [0.717, 1.165) is 6.07 Å². The van der Waals surface area contributed by atoms with Crippen molar-refractivity contribution in [3.63, 3.8) is 0 Å². The van der Waals surface area contributed by atoms with Crippen LogP contribution in [0, 0.1) is 6.92 Å². The van der Waals surface area contributed by atoms with Crippen molar-refractivity contribution in [1.82, 2.24) is 0 Å². The van der Waals surface area contributed by atoms with E-state index in [1.54, 1.807) is 6.92 Å². The number of aromatic carboxylic acids is 1. The standard InChI is InChI=1S/C15H13NO5/c1-8-6-9(2-5-13(8)18)14(19)16-12-4-3-10(17)7-11(12)15(20)21/h2-7,17-18H,1H3,(H,16,19)(H,20,21). The molecule has 0 radical (unpaired) electrons. The van der Waals surface area contributed by atoms with Crippen molar-refractivity contribution in [2.24, 2.45) is 0 Å². The summed E-state index contributed by atoms with van der Waals surface area (Å²) in [6, 6.07) is 7.96. The lowest BCUT2D eigenvalue weighted by Gasteiger charge is -2.09. The molecule has 0 aliphatic rings. The SMILES string of the molecule is Cc1cc(C(=O)Nc2ccc(O)cc2C(=O)O)ccc1O. The Bertz CT molecular complexity index is 724. The second-order valence-corrected chi connectivity index (χ2v) is 4.49. The number of phenolic OH excluding ortho intramolecular Hbond substituents is 2. The number of anilines is 1. The molecule has 1 amide bonds. The largest absolute Gasteiger partial charge is 0.508 e. The van der Waals surface area contributed by atoms with Crippen molar-refractivity contribution in [2.75, 3.05) is 5.32 Å². The third-order valence-electron chi connectivity index (χ3n) is 2.94. The number of benzene rings is 2. The molecule has 2 aromatic rings. The number of amides is 1. The van der Waals surface area contributed by atoms with Gasteiger partial charge in [-0.3, -0.25) is 4.79 Å². The maximum atomic E-state index is 12.1. The van der Waals surface area contributed by atoms with Gasteiger partial charge in [0.25, 0.3) is 5.91 Å². The molecule has 0 heterocycles. The zero-order valence-electron chi connectivity index (χ0n) is 11.1. The summed E-state index contributed by atoms with van der Waals surface area (Å²) < 4.78 is 0. The Kier molecular flexibility index (Phi) is 3.80. The molecule has 6 nitrogen and oxygen atoms in total. The van der Waals surface area contributed by atoms with Gasteiger partial charge in [-0.1, -0.05) is 0 Å². The average Bonchev–Trinajstić information content (AvgIpc) is 2.43. The highest BCUT2D eigenvalue weighted by atomic mass is 16.4. The van der Waals surface area contributed by atoms with Gasteiger partial charge in [-0.2, -0.15) is 0 Å². The minimum absolute atomic E-state index is 0.0717. The van der Waals surface area contributed by atoms with Crippen LogP contribution in [0.25, 0.3) is 0 Å². The minimum Gasteiger partial charge on any atom is -0.508 e. The maximum Gasteiger partial charge on any atom is 0.337 e. The van der Waals surface area contributed by atoms with Gasteiger partial charge in [-0.15, -0.1) is 0 Å². The molecule has 0 bridgehead atoms. The highest BCUT2D eigenvalue weighted by Crippen LogP contribution is 2.23. The van der Waals surface area contributed by atoms with Gasteiger partial charge in [-0.25, -0.2) is 4.79 Å². The number of hydrogen-bond donors (Lipinski definition) is 4. The van der Waals surface area contributed by atoms with Crippen LogP contribution in [-0.4, -0.2) is 27.2 Å². The van der Waals surface area contributed by atoms with Crippen molar-refractivity contribution in [1.29, 1.82) is 0 Å². The van der Waals surface area contributed by atoms with Gasteiger partial charge < -0.3 is 20.6 Å². The van der Waals surface area contributed by atoms with Gasteiger partial charge in [0.1, 0.15) is 11.5 Å². The van der Waals surface area contributed by atoms with Gasteiger partial charge in [0.05, 0.1) is 11.3 Å². The van der Waals surface area contributed by atoms with Crippen LogP contribution in [0.4, 0.5) is 5.69 Å². The van der Waals surface area contributed by atoms with Crippen LogP contribution in [0.3, 0.4) is 0 Å². The number of carboxylic acids is 1. The van der Waals surface area contributed by atoms with Crippen LogP contribution in [0.15, 0.2) is 36.4 Å². The third kappa shape index (κ3) is 3.11. The molecule has 0 saturated heterocycles. The van der Waals surface area contributed by atoms with E-state index in [1.807, 2.05) is 0 Å². The van der Waals surface area contributed by atoms with Crippen molar-refractivity contribution in [2.45, 2.75) is 6.92 Å². The van der Waals surface area contributed by atoms with Gasteiger partial charge in [0.2, 0.25) is 0 Å². The third-order valence-corrected chi connectivity index (χ3v) is 2.94. The minimum atomic E-state index is -1.26. The molecule has 4 N–H and O–H groups in total. The van der Waals surface area contributed by atoms with E-state index in [4.69, 9.17) is 5.11 Å². The van der Waals surface area contributed by atoms with E-state index >= 15 is 0 Å². The van der Waals surface area contributed by atoms with Crippen molar-refractivity contribution in [3.05, 3.63) is 53.1 Å². The molecule has 0 fully saturated rings. The monoisotopic (exact) mass is 287 g/mol. The molecule has 0 aromatic heterocycles. The lowest BCUT2D eigenvalue weighted by Crippen LogP contribution is -2.14. The van der Waals surface area contributed by atoms with E-state index in [-0.39, 0.29) is 28.3 Å². The van der Waals surface area contributed by atoms with E-state index in [9.17, 15) is 19.8 Å². The molecule has 6 heteroatoms. The fourth-order valence-corrected chi connectivity index (χ4v) is 1.81. The molecular weight excluding hydrogens is 274 g/mol. The molecule has 0 unspecified atom stereocenters. The lowest BCUT2D eigenvalue weighted by molar-refractivity contribution is 0.0697. The zero-order valence-corrected chi connectivity index (χ0v) is 11.1. The van der Waals surface area contributed by atoms with Crippen LogP contribution in [0.2, 0.25) is 0 Å². The quantitative estimate of drug-likeness (QED) is 0.648. The van der Waals surface area contributed by atoms with Crippen LogP contribution >= 0.6 is 0 Å². The van der Waals surface area contributed by atoms with E-state index < -0.39 is 11.9 Å². The number of nitrogens with one attached hydrogen (secondary N) is 1. The van der Waals surface area contributed by atoms with E-state index in [1.165, 1.54) is 30.3 Å². The zero-order chi connectivity index (χ0) is 15.6. The van der Waals surface area contributed by atoms with Gasteiger partial charge in [0.15, 0.2) is 0 Å². The Morgan fingerprint density at radius 2 is 1.76 bits per heavy atom. The molecule has 2 aromatic carbocycles. The molecule has 0 saturated carbocycles. The fraction of sp³-hybridized carbons (Fsp3) is 0.0667. The number of carbonyl (C=O) groups is 2. The van der Waals surface area contributed by atoms with Gasteiger partial charge in [0, 0.05) is 5.56 Å². The van der Waals surface area contributed by atoms with Crippen molar-refractivity contribution >= 4 is 17.6 Å². The number of rotatable bonds is 3. The van der Waals surface area contributed by atoms with Crippen molar-refractivity contribution < 1.29 is 24.9 Å². The number of phenols is 2. The van der Waals surface area contributed by atoms with E-state index in [2.05, 4.69) is 5.32 Å². The molecule has 0 spiro atoms. The summed E-state index contributed by atoms with van der Waals surface area (Å²) in [5.74, 6) is -1.90. The Morgan fingerprint density at radius 3 is 2.38 bits per heavy atom. The van der Waals surface area contributed by atoms with Crippen LogP contribution in [0.1, 0.15) is 26.3 Å². The molecule has 21 heavy (non-hydrogen) atoms. The highest BCUT2D eigenvalue weighted by molar-refractivity contribution is 6.08. The summed E-state index contributed by atoms with van der Waals surface area (Å²) in [6.45, 7) is 1.65. The summed E-state index contributed by atoms with van der Waals surface area (Å²) in [5, 5.41) is 30.3. The first-order valence-corrected chi connectivity index (χ1v) is 6.06. The van der Waals surface area contributed by atoms with E-state index in [0.29, 0.717) is 5.56 Å². The summed E-state index contributed by atoms with van der Waals surface area (Å²) >= 11 is 0. The number of carbonyl (C=O) groups excluding carboxylic acids is 1. The number of aryl methyl sites for hydroxylation is 1. The molecule has 0 aliphatic carbocycles. The summed E-state index contributed by atoms with van der Waals surface area (Å²) in [7, 11) is 0. The fourth-order valence-electron chi connectivity index (χ4n) is 1.81. The average molecular weight is 287 g/mol. The normalized spacial score (nSPS) is 10.1. The first-order valence-electron chi connectivity index (χ1n) is 6.06. The van der Waals surface area contributed by atoms with Crippen LogP contribution in [-0.2, 0) is 0 Å². The summed E-state index contributed by atoms with van der Waals surface area (Å²) in [5.41, 5.74) is 0.691. The molecular formula is C15H13NO5. The Balaban J connectivity index is 2.31. The lowest BCUT2D eigenvalue weighted by atomic mass is 10.1. The smallest absolute Gasteiger partial charge is 0.337 e. The Hall–Kier alpha value is -3.02. The molecule has 108 valence electrons. The second kappa shape index (κ2) is 5.54. The second-order valence-electron chi connectivity index (χ2n) is 4.49. The number of carboxylic acid groups (broad SMARTS) is 1.